The molecule has 1 heterocycles. The van der Waals surface area contributed by atoms with E-state index in [2.05, 4.69) is 10.6 Å². The van der Waals surface area contributed by atoms with E-state index < -0.39 is 27.7 Å². The number of carbonyl (C=O) groups is 2. The first-order valence-corrected chi connectivity index (χ1v) is 8.94. The number of rotatable bonds is 7. The zero-order valence-corrected chi connectivity index (χ0v) is 13.9. The van der Waals surface area contributed by atoms with Crippen LogP contribution in [0.4, 0.5) is 0 Å². The molecular formula is C16H18N2O5S. The number of carbonyl (C=O) groups excluding carboxylic acids is 2. The molecule has 1 aromatic carbocycles. The van der Waals surface area contributed by atoms with E-state index in [4.69, 9.17) is 4.42 Å². The second-order valence-corrected chi connectivity index (χ2v) is 7.24. The van der Waals surface area contributed by atoms with Crippen LogP contribution in [-0.2, 0) is 14.6 Å². The molecule has 2 N–H and O–H groups in total. The van der Waals surface area contributed by atoms with Gasteiger partial charge in [0.05, 0.1) is 22.5 Å². The van der Waals surface area contributed by atoms with Crippen molar-refractivity contribution in [3.05, 3.63) is 54.5 Å². The molecule has 2 aromatic rings. The van der Waals surface area contributed by atoms with Crippen molar-refractivity contribution in [2.24, 2.45) is 0 Å². The van der Waals surface area contributed by atoms with Gasteiger partial charge in [0.1, 0.15) is 12.3 Å². The van der Waals surface area contributed by atoms with Crippen LogP contribution in [0.1, 0.15) is 17.3 Å². The molecule has 7 nitrogen and oxygen atoms in total. The van der Waals surface area contributed by atoms with E-state index >= 15 is 0 Å². The maximum Gasteiger partial charge on any atom is 0.255 e. The maximum atomic E-state index is 12.1. The number of furan rings is 1. The Kier molecular flexibility index (Phi) is 5.75. The van der Waals surface area contributed by atoms with E-state index in [1.54, 1.807) is 18.2 Å². The average Bonchev–Trinajstić information content (AvgIpc) is 3.10. The molecule has 0 spiro atoms. The van der Waals surface area contributed by atoms with Crippen molar-refractivity contribution in [2.45, 2.75) is 17.9 Å². The summed E-state index contributed by atoms with van der Waals surface area (Å²) in [6.45, 7) is 1.47. The number of sulfone groups is 1. The summed E-state index contributed by atoms with van der Waals surface area (Å²) in [4.78, 5) is 23.9. The predicted molar refractivity (Wildman–Crippen MR) is 87.1 cm³/mol. The van der Waals surface area contributed by atoms with Crippen molar-refractivity contribution < 1.29 is 22.4 Å². The van der Waals surface area contributed by atoms with E-state index in [9.17, 15) is 18.0 Å². The van der Waals surface area contributed by atoms with Crippen LogP contribution >= 0.6 is 0 Å². The van der Waals surface area contributed by atoms with Gasteiger partial charge in [0, 0.05) is 6.54 Å². The topological polar surface area (TPSA) is 105 Å². The molecule has 128 valence electrons. The second kappa shape index (κ2) is 7.78. The maximum absolute atomic E-state index is 12.1. The molecule has 1 atom stereocenters. The van der Waals surface area contributed by atoms with Crippen molar-refractivity contribution in [2.75, 3.05) is 12.3 Å². The minimum Gasteiger partial charge on any atom is -0.472 e. The summed E-state index contributed by atoms with van der Waals surface area (Å²) in [5.41, 5.74) is 0.307. The van der Waals surface area contributed by atoms with Gasteiger partial charge in [-0.3, -0.25) is 9.59 Å². The summed E-state index contributed by atoms with van der Waals surface area (Å²) >= 11 is 0. The van der Waals surface area contributed by atoms with Crippen molar-refractivity contribution in [3.8, 4) is 0 Å². The molecule has 0 bridgehead atoms. The molecular weight excluding hydrogens is 332 g/mol. The molecule has 0 saturated carbocycles. The molecule has 1 aromatic heterocycles. The Labute approximate surface area is 140 Å². The van der Waals surface area contributed by atoms with Crippen LogP contribution in [-0.4, -0.2) is 38.6 Å². The predicted octanol–water partition coefficient (Wildman–Crippen LogP) is 0.988. The lowest BCUT2D eigenvalue weighted by atomic mass is 10.2. The Morgan fingerprint density at radius 2 is 1.88 bits per heavy atom. The van der Waals surface area contributed by atoms with Crippen molar-refractivity contribution in [3.63, 3.8) is 0 Å². The van der Waals surface area contributed by atoms with Gasteiger partial charge in [0.25, 0.3) is 5.91 Å². The summed E-state index contributed by atoms with van der Waals surface area (Å²) in [5.74, 6) is -1.12. The molecule has 0 saturated heterocycles. The number of nitrogens with one attached hydrogen (secondary N) is 2. The Morgan fingerprint density at radius 3 is 2.50 bits per heavy atom. The van der Waals surface area contributed by atoms with Crippen LogP contribution in [0.2, 0.25) is 0 Å². The van der Waals surface area contributed by atoms with Crippen LogP contribution in [0.5, 0.6) is 0 Å². The normalized spacial score (nSPS) is 12.4. The molecule has 0 fully saturated rings. The summed E-state index contributed by atoms with van der Waals surface area (Å²) in [5, 5.41) is 5.00. The zero-order chi connectivity index (χ0) is 17.6. The number of hydrogen-bond donors (Lipinski definition) is 2. The molecule has 0 radical (unpaired) electrons. The highest BCUT2D eigenvalue weighted by molar-refractivity contribution is 7.91. The minimum absolute atomic E-state index is 0.0397. The van der Waals surface area contributed by atoms with Crippen LogP contribution < -0.4 is 10.6 Å². The smallest absolute Gasteiger partial charge is 0.255 e. The van der Waals surface area contributed by atoms with Gasteiger partial charge in [0.2, 0.25) is 5.91 Å². The van der Waals surface area contributed by atoms with Gasteiger partial charge in [-0.15, -0.1) is 0 Å². The largest absolute Gasteiger partial charge is 0.472 e. The van der Waals surface area contributed by atoms with E-state index in [1.807, 2.05) is 0 Å². The molecule has 0 aliphatic heterocycles. The van der Waals surface area contributed by atoms with E-state index in [1.165, 1.54) is 37.6 Å². The highest BCUT2D eigenvalue weighted by atomic mass is 32.2. The number of amides is 2. The fraction of sp³-hybridized carbons (Fsp3) is 0.250. The Bertz CT molecular complexity index is 785. The summed E-state index contributed by atoms with van der Waals surface area (Å²) < 4.78 is 29.0. The van der Waals surface area contributed by atoms with Crippen molar-refractivity contribution in [1.82, 2.24) is 10.6 Å². The lowest BCUT2D eigenvalue weighted by Gasteiger charge is -2.13. The van der Waals surface area contributed by atoms with Gasteiger partial charge in [-0.25, -0.2) is 8.42 Å². The average molecular weight is 350 g/mol. The molecule has 0 aliphatic rings. The van der Waals surface area contributed by atoms with Gasteiger partial charge in [-0.2, -0.15) is 0 Å². The molecule has 2 rings (SSSR count). The fourth-order valence-electron chi connectivity index (χ4n) is 1.95. The number of benzene rings is 1. The van der Waals surface area contributed by atoms with Crippen LogP contribution in [0, 0.1) is 0 Å². The first-order chi connectivity index (χ1) is 11.4. The Morgan fingerprint density at radius 1 is 1.17 bits per heavy atom. The number of hydrogen-bond acceptors (Lipinski definition) is 5. The molecule has 24 heavy (non-hydrogen) atoms. The molecule has 8 heteroatoms. The first kappa shape index (κ1) is 17.7. The minimum atomic E-state index is -3.45. The third-order valence-electron chi connectivity index (χ3n) is 3.30. The fourth-order valence-corrected chi connectivity index (χ4v) is 3.12. The van der Waals surface area contributed by atoms with Crippen LogP contribution in [0.25, 0.3) is 0 Å². The van der Waals surface area contributed by atoms with E-state index in [0.717, 1.165) is 0 Å². The van der Waals surface area contributed by atoms with Crippen LogP contribution in [0.15, 0.2) is 58.2 Å². The lowest BCUT2D eigenvalue weighted by molar-refractivity contribution is -0.122. The zero-order valence-electron chi connectivity index (χ0n) is 13.1. The van der Waals surface area contributed by atoms with Gasteiger partial charge < -0.3 is 15.1 Å². The van der Waals surface area contributed by atoms with Gasteiger partial charge in [0.15, 0.2) is 9.84 Å². The highest BCUT2D eigenvalue weighted by Crippen LogP contribution is 2.09. The first-order valence-electron chi connectivity index (χ1n) is 7.29. The third-order valence-corrected chi connectivity index (χ3v) is 5.03. The van der Waals surface area contributed by atoms with E-state index in [-0.39, 0.29) is 17.2 Å². The molecule has 2 amide bonds. The lowest BCUT2D eigenvalue weighted by Crippen LogP contribution is -2.45. The highest BCUT2D eigenvalue weighted by Gasteiger charge is 2.18. The standard InChI is InChI=1S/C16H18N2O5S/c1-12(18-16(20)13-7-9-23-11-13)15(19)17-8-10-24(21,22)14-5-3-2-4-6-14/h2-7,9,11-12H,8,10H2,1H3,(H,17,19)(H,18,20)/t12-/m1/s1. The van der Waals surface area contributed by atoms with Crippen molar-refractivity contribution in [1.29, 1.82) is 0 Å². The molecule has 0 unspecified atom stereocenters. The van der Waals surface area contributed by atoms with Crippen LogP contribution in [0.3, 0.4) is 0 Å². The summed E-state index contributed by atoms with van der Waals surface area (Å²) in [6.07, 6.45) is 2.63. The van der Waals surface area contributed by atoms with Crippen molar-refractivity contribution >= 4 is 21.7 Å². The van der Waals surface area contributed by atoms with Gasteiger partial charge in [-0.05, 0) is 25.1 Å². The van der Waals surface area contributed by atoms with Gasteiger partial charge >= 0.3 is 0 Å². The third kappa shape index (κ3) is 4.69. The van der Waals surface area contributed by atoms with Gasteiger partial charge in [-0.1, -0.05) is 18.2 Å². The molecule has 0 aliphatic carbocycles. The second-order valence-electron chi connectivity index (χ2n) is 5.13. The Balaban J connectivity index is 1.81. The quantitative estimate of drug-likeness (QED) is 0.775. The summed E-state index contributed by atoms with van der Waals surface area (Å²) in [7, 11) is -3.45. The van der Waals surface area contributed by atoms with E-state index in [0.29, 0.717) is 5.56 Å². The SMILES string of the molecule is C[C@@H](NC(=O)c1ccoc1)C(=O)NCCS(=O)(=O)c1ccccc1. The Hall–Kier alpha value is -2.61. The monoisotopic (exact) mass is 350 g/mol. The summed E-state index contributed by atoms with van der Waals surface area (Å²) in [6, 6.07) is 8.69.